The molecule has 2 aromatic rings. The molecule has 0 fully saturated rings. The summed E-state index contributed by atoms with van der Waals surface area (Å²) in [5, 5.41) is 14.5. The van der Waals surface area contributed by atoms with Crippen LogP contribution in [0.3, 0.4) is 0 Å². The van der Waals surface area contributed by atoms with Crippen molar-refractivity contribution in [3.63, 3.8) is 0 Å². The highest BCUT2D eigenvalue weighted by Gasteiger charge is 2.12. The van der Waals surface area contributed by atoms with Crippen LogP contribution in [0.15, 0.2) is 24.4 Å². The Morgan fingerprint density at radius 2 is 2.06 bits per heavy atom. The summed E-state index contributed by atoms with van der Waals surface area (Å²) in [5.41, 5.74) is 2.37. The van der Waals surface area contributed by atoms with Gasteiger partial charge in [0.1, 0.15) is 0 Å². The van der Waals surface area contributed by atoms with Crippen molar-refractivity contribution in [2.45, 2.75) is 6.61 Å². The van der Waals surface area contributed by atoms with E-state index in [9.17, 15) is 5.11 Å². The van der Waals surface area contributed by atoms with Gasteiger partial charge in [-0.15, -0.1) is 0 Å². The van der Waals surface area contributed by atoms with Crippen molar-refractivity contribution in [3.05, 3.63) is 40.1 Å². The van der Waals surface area contributed by atoms with Gasteiger partial charge in [-0.05, 0) is 12.1 Å². The number of aliphatic hydroxyl groups is 1. The van der Waals surface area contributed by atoms with Gasteiger partial charge in [0.2, 0.25) is 0 Å². The van der Waals surface area contributed by atoms with E-state index in [0.29, 0.717) is 10.0 Å². The second-order valence-electron chi connectivity index (χ2n) is 3.41. The summed E-state index contributed by atoms with van der Waals surface area (Å²) < 4.78 is 1.63. The molecule has 5 heteroatoms. The topological polar surface area (TPSA) is 38.0 Å². The Hall–Kier alpha value is -1.03. The lowest BCUT2D eigenvalue weighted by Gasteiger charge is -2.05. The van der Waals surface area contributed by atoms with Crippen LogP contribution in [0.4, 0.5) is 0 Å². The summed E-state index contributed by atoms with van der Waals surface area (Å²) in [5.74, 6) is 0. The number of benzene rings is 1. The van der Waals surface area contributed by atoms with E-state index in [1.165, 1.54) is 0 Å². The molecule has 84 valence electrons. The molecular weight excluding hydrogens is 247 g/mol. The third-order valence-electron chi connectivity index (χ3n) is 2.43. The first-order chi connectivity index (χ1) is 7.63. The van der Waals surface area contributed by atoms with E-state index in [1.807, 2.05) is 6.07 Å². The first kappa shape index (κ1) is 11.5. The van der Waals surface area contributed by atoms with Crippen LogP contribution in [0, 0.1) is 0 Å². The van der Waals surface area contributed by atoms with Gasteiger partial charge in [-0.3, -0.25) is 4.68 Å². The maximum absolute atomic E-state index is 9.26. The molecule has 0 aliphatic carbocycles. The number of aliphatic hydroxyl groups excluding tert-OH is 1. The van der Waals surface area contributed by atoms with Crippen molar-refractivity contribution >= 4 is 23.2 Å². The fourth-order valence-electron chi connectivity index (χ4n) is 1.58. The number of nitrogens with zero attached hydrogens (tertiary/aromatic N) is 2. The van der Waals surface area contributed by atoms with Gasteiger partial charge in [0.25, 0.3) is 0 Å². The Balaban J connectivity index is 2.58. The highest BCUT2D eigenvalue weighted by molar-refractivity contribution is 6.36. The number of halogens is 2. The van der Waals surface area contributed by atoms with Crippen molar-refractivity contribution < 1.29 is 5.11 Å². The molecule has 0 atom stereocenters. The van der Waals surface area contributed by atoms with Gasteiger partial charge >= 0.3 is 0 Å². The molecule has 0 aliphatic heterocycles. The summed E-state index contributed by atoms with van der Waals surface area (Å²) >= 11 is 11.9. The lowest BCUT2D eigenvalue weighted by molar-refractivity contribution is 0.271. The first-order valence-corrected chi connectivity index (χ1v) is 5.46. The van der Waals surface area contributed by atoms with Crippen molar-refractivity contribution in [1.29, 1.82) is 0 Å². The van der Waals surface area contributed by atoms with Gasteiger partial charge < -0.3 is 5.11 Å². The van der Waals surface area contributed by atoms with Gasteiger partial charge in [-0.25, -0.2) is 0 Å². The zero-order valence-electron chi connectivity index (χ0n) is 8.61. The second-order valence-corrected chi connectivity index (χ2v) is 4.25. The third kappa shape index (κ3) is 1.94. The van der Waals surface area contributed by atoms with E-state index in [2.05, 4.69) is 5.10 Å². The molecule has 2 rings (SSSR count). The molecule has 1 N–H and O–H groups in total. The first-order valence-electron chi connectivity index (χ1n) is 4.70. The zero-order chi connectivity index (χ0) is 11.7. The van der Waals surface area contributed by atoms with E-state index >= 15 is 0 Å². The predicted octanol–water partition coefficient (Wildman–Crippen LogP) is 2.89. The minimum Gasteiger partial charge on any atom is -0.390 e. The molecule has 0 radical (unpaired) electrons. The lowest BCUT2D eigenvalue weighted by Crippen LogP contribution is -1.98. The molecule has 0 amide bonds. The fraction of sp³-hybridized carbons (Fsp3) is 0.182. The van der Waals surface area contributed by atoms with E-state index in [4.69, 9.17) is 23.2 Å². The Bertz CT molecular complexity index is 523. The highest BCUT2D eigenvalue weighted by atomic mass is 35.5. The van der Waals surface area contributed by atoms with E-state index in [1.54, 1.807) is 30.1 Å². The number of hydrogen-bond acceptors (Lipinski definition) is 2. The minimum atomic E-state index is -0.0786. The zero-order valence-corrected chi connectivity index (χ0v) is 10.1. The fourth-order valence-corrected chi connectivity index (χ4v) is 2.09. The maximum atomic E-state index is 9.26. The average Bonchev–Trinajstić information content (AvgIpc) is 2.59. The van der Waals surface area contributed by atoms with Crippen LogP contribution in [0.5, 0.6) is 0 Å². The van der Waals surface area contributed by atoms with Crippen LogP contribution in [0.2, 0.25) is 10.0 Å². The number of aryl methyl sites for hydroxylation is 1. The van der Waals surface area contributed by atoms with Crippen molar-refractivity contribution in [1.82, 2.24) is 9.78 Å². The molecule has 0 spiro atoms. The standard InChI is InChI=1S/C11H10Cl2N2O/c1-15-11(6-16)9(5-14-15)8-3-2-7(12)4-10(8)13/h2-5,16H,6H2,1H3. The monoisotopic (exact) mass is 256 g/mol. The molecule has 0 saturated heterocycles. The van der Waals surface area contributed by atoms with Crippen molar-refractivity contribution in [3.8, 4) is 11.1 Å². The molecule has 0 bridgehead atoms. The van der Waals surface area contributed by atoms with Gasteiger partial charge in [0.05, 0.1) is 18.5 Å². The summed E-state index contributed by atoms with van der Waals surface area (Å²) in [7, 11) is 1.78. The van der Waals surface area contributed by atoms with Crippen LogP contribution in [-0.4, -0.2) is 14.9 Å². The Kier molecular flexibility index (Phi) is 3.19. The van der Waals surface area contributed by atoms with Crippen molar-refractivity contribution in [2.75, 3.05) is 0 Å². The summed E-state index contributed by atoms with van der Waals surface area (Å²) in [6, 6.07) is 5.25. The van der Waals surface area contributed by atoms with Gasteiger partial charge in [0, 0.05) is 28.2 Å². The summed E-state index contributed by atoms with van der Waals surface area (Å²) in [4.78, 5) is 0. The Morgan fingerprint density at radius 1 is 1.31 bits per heavy atom. The molecule has 1 aromatic carbocycles. The molecule has 0 unspecified atom stereocenters. The molecule has 1 heterocycles. The number of rotatable bonds is 2. The lowest BCUT2D eigenvalue weighted by atomic mass is 10.1. The predicted molar refractivity (Wildman–Crippen MR) is 64.6 cm³/mol. The smallest absolute Gasteiger partial charge is 0.0856 e. The van der Waals surface area contributed by atoms with Crippen LogP contribution < -0.4 is 0 Å². The van der Waals surface area contributed by atoms with Crippen LogP contribution in [0.25, 0.3) is 11.1 Å². The third-order valence-corrected chi connectivity index (χ3v) is 2.98. The summed E-state index contributed by atoms with van der Waals surface area (Å²) in [6.45, 7) is -0.0786. The molecule has 3 nitrogen and oxygen atoms in total. The quantitative estimate of drug-likeness (QED) is 0.898. The highest BCUT2D eigenvalue weighted by Crippen LogP contribution is 2.32. The molecule has 16 heavy (non-hydrogen) atoms. The molecular formula is C11H10Cl2N2O. The van der Waals surface area contributed by atoms with Crippen LogP contribution in [-0.2, 0) is 13.7 Å². The second kappa shape index (κ2) is 4.45. The molecule has 0 saturated carbocycles. The molecule has 1 aromatic heterocycles. The van der Waals surface area contributed by atoms with E-state index in [-0.39, 0.29) is 6.61 Å². The largest absolute Gasteiger partial charge is 0.390 e. The average molecular weight is 257 g/mol. The Morgan fingerprint density at radius 3 is 2.69 bits per heavy atom. The minimum absolute atomic E-state index is 0.0786. The summed E-state index contributed by atoms with van der Waals surface area (Å²) in [6.07, 6.45) is 1.68. The van der Waals surface area contributed by atoms with Crippen molar-refractivity contribution in [2.24, 2.45) is 7.05 Å². The number of hydrogen-bond donors (Lipinski definition) is 1. The van der Waals surface area contributed by atoms with E-state index in [0.717, 1.165) is 16.8 Å². The Labute approximate surface area is 103 Å². The SMILES string of the molecule is Cn1ncc(-c2ccc(Cl)cc2Cl)c1CO. The molecule has 0 aliphatic rings. The van der Waals surface area contributed by atoms with Gasteiger partial charge in [-0.2, -0.15) is 5.10 Å². The van der Waals surface area contributed by atoms with E-state index < -0.39 is 0 Å². The van der Waals surface area contributed by atoms with Crippen LogP contribution >= 0.6 is 23.2 Å². The van der Waals surface area contributed by atoms with Crippen LogP contribution in [0.1, 0.15) is 5.69 Å². The normalized spacial score (nSPS) is 10.8. The maximum Gasteiger partial charge on any atom is 0.0856 e. The van der Waals surface area contributed by atoms with Gasteiger partial charge in [-0.1, -0.05) is 29.3 Å². The number of aromatic nitrogens is 2. The van der Waals surface area contributed by atoms with Gasteiger partial charge in [0.15, 0.2) is 0 Å².